The lowest BCUT2D eigenvalue weighted by molar-refractivity contribution is -0.120. The average molecular weight is 367 g/mol. The van der Waals surface area contributed by atoms with E-state index < -0.39 is 0 Å². The molecule has 3 aromatic rings. The van der Waals surface area contributed by atoms with Crippen molar-refractivity contribution in [3.8, 4) is 22.9 Å². The smallest absolute Gasteiger partial charge is 0.246 e. The number of aromatic nitrogens is 2. The van der Waals surface area contributed by atoms with Gasteiger partial charge in [0.05, 0.1) is 26.7 Å². The summed E-state index contributed by atoms with van der Waals surface area (Å²) in [7, 11) is 1.60. The van der Waals surface area contributed by atoms with E-state index in [9.17, 15) is 4.79 Å². The maximum atomic E-state index is 12.1. The predicted molar refractivity (Wildman–Crippen MR) is 99.4 cm³/mol. The molecule has 0 spiro atoms. The second-order valence-corrected chi connectivity index (χ2v) is 5.77. The van der Waals surface area contributed by atoms with Gasteiger partial charge in [0.15, 0.2) is 0 Å². The average Bonchev–Trinajstić information content (AvgIpc) is 3.17. The van der Waals surface area contributed by atoms with Crippen LogP contribution in [0.3, 0.4) is 0 Å². The van der Waals surface area contributed by atoms with E-state index in [1.165, 1.54) is 0 Å². The van der Waals surface area contributed by atoms with E-state index in [2.05, 4.69) is 15.5 Å². The van der Waals surface area contributed by atoms with Crippen LogP contribution in [0.15, 0.2) is 53.1 Å². The number of methoxy groups -OCH3 is 1. The van der Waals surface area contributed by atoms with E-state index in [0.717, 1.165) is 16.9 Å². The standard InChI is InChI=1S/C20H21N3O4/c1-3-26-16-9-7-14(8-10-16)11-18(24)21-13-19-22-20(23-27-19)15-5-4-6-17(12-15)25-2/h4-10,12H,3,11,13H2,1-2H3,(H,21,24). The lowest BCUT2D eigenvalue weighted by Crippen LogP contribution is -2.24. The van der Waals surface area contributed by atoms with E-state index in [4.69, 9.17) is 14.0 Å². The van der Waals surface area contributed by atoms with Gasteiger partial charge in [-0.1, -0.05) is 29.4 Å². The third-order valence-corrected chi connectivity index (χ3v) is 3.83. The van der Waals surface area contributed by atoms with Gasteiger partial charge in [0.25, 0.3) is 0 Å². The fourth-order valence-corrected chi connectivity index (χ4v) is 2.50. The van der Waals surface area contributed by atoms with Gasteiger partial charge in [-0.25, -0.2) is 0 Å². The van der Waals surface area contributed by atoms with Gasteiger partial charge in [-0.15, -0.1) is 0 Å². The van der Waals surface area contributed by atoms with Crippen molar-refractivity contribution < 1.29 is 18.8 Å². The molecule has 0 aliphatic carbocycles. The summed E-state index contributed by atoms with van der Waals surface area (Å²) in [5.74, 6) is 2.16. The molecule has 0 saturated carbocycles. The van der Waals surface area contributed by atoms with Crippen molar-refractivity contribution in [2.75, 3.05) is 13.7 Å². The number of hydrogen-bond donors (Lipinski definition) is 1. The summed E-state index contributed by atoms with van der Waals surface area (Å²) >= 11 is 0. The minimum Gasteiger partial charge on any atom is -0.497 e. The molecule has 7 heteroatoms. The van der Waals surface area contributed by atoms with Gasteiger partial charge in [-0.05, 0) is 36.8 Å². The van der Waals surface area contributed by atoms with Gasteiger partial charge in [0.2, 0.25) is 17.6 Å². The molecule has 0 saturated heterocycles. The predicted octanol–water partition coefficient (Wildman–Crippen LogP) is 3.00. The first-order valence-corrected chi connectivity index (χ1v) is 8.63. The highest BCUT2D eigenvalue weighted by Crippen LogP contribution is 2.21. The molecule has 0 radical (unpaired) electrons. The molecule has 0 aliphatic rings. The van der Waals surface area contributed by atoms with Gasteiger partial charge < -0.3 is 19.3 Å². The molecule has 7 nitrogen and oxygen atoms in total. The molecule has 0 atom stereocenters. The first kappa shape index (κ1) is 18.4. The zero-order chi connectivity index (χ0) is 19.1. The lowest BCUT2D eigenvalue weighted by atomic mass is 10.1. The summed E-state index contributed by atoms with van der Waals surface area (Å²) < 4.78 is 15.8. The molecule has 140 valence electrons. The Morgan fingerprint density at radius 1 is 1.15 bits per heavy atom. The van der Waals surface area contributed by atoms with E-state index in [1.807, 2.05) is 55.5 Å². The molecule has 1 aromatic heterocycles. The Morgan fingerprint density at radius 2 is 1.96 bits per heavy atom. The maximum absolute atomic E-state index is 12.1. The molecule has 1 amide bonds. The zero-order valence-corrected chi connectivity index (χ0v) is 15.3. The Labute approximate surface area is 157 Å². The number of carbonyl (C=O) groups excluding carboxylic acids is 1. The Balaban J connectivity index is 1.54. The van der Waals surface area contributed by atoms with Crippen LogP contribution in [0.2, 0.25) is 0 Å². The summed E-state index contributed by atoms with van der Waals surface area (Å²) in [6.07, 6.45) is 0.267. The van der Waals surface area contributed by atoms with Crippen molar-refractivity contribution in [1.82, 2.24) is 15.5 Å². The molecule has 27 heavy (non-hydrogen) atoms. The number of nitrogens with zero attached hydrogens (tertiary/aromatic N) is 2. The number of nitrogens with one attached hydrogen (secondary N) is 1. The monoisotopic (exact) mass is 367 g/mol. The first-order chi connectivity index (χ1) is 13.2. The van der Waals surface area contributed by atoms with E-state index in [1.54, 1.807) is 7.11 Å². The molecule has 0 unspecified atom stereocenters. The van der Waals surface area contributed by atoms with Crippen LogP contribution < -0.4 is 14.8 Å². The molecule has 0 fully saturated rings. The third-order valence-electron chi connectivity index (χ3n) is 3.83. The Kier molecular flexibility index (Phi) is 6.04. The lowest BCUT2D eigenvalue weighted by Gasteiger charge is -2.05. The van der Waals surface area contributed by atoms with Gasteiger partial charge in [-0.2, -0.15) is 4.98 Å². The van der Waals surface area contributed by atoms with E-state index in [-0.39, 0.29) is 18.9 Å². The van der Waals surface area contributed by atoms with Gasteiger partial charge in [0, 0.05) is 5.56 Å². The second-order valence-electron chi connectivity index (χ2n) is 5.77. The minimum absolute atomic E-state index is 0.125. The van der Waals surface area contributed by atoms with Gasteiger partial charge in [0.1, 0.15) is 11.5 Å². The van der Waals surface area contributed by atoms with Crippen molar-refractivity contribution in [2.45, 2.75) is 19.9 Å². The van der Waals surface area contributed by atoms with Crippen LogP contribution in [0, 0.1) is 0 Å². The Morgan fingerprint density at radius 3 is 2.70 bits per heavy atom. The fourth-order valence-electron chi connectivity index (χ4n) is 2.50. The van der Waals surface area contributed by atoms with E-state index >= 15 is 0 Å². The first-order valence-electron chi connectivity index (χ1n) is 8.63. The topological polar surface area (TPSA) is 86.5 Å². The minimum atomic E-state index is -0.125. The summed E-state index contributed by atoms with van der Waals surface area (Å²) in [5, 5.41) is 6.73. The quantitative estimate of drug-likeness (QED) is 0.659. The van der Waals surface area contributed by atoms with Gasteiger partial charge >= 0.3 is 0 Å². The molecule has 0 bridgehead atoms. The van der Waals surface area contributed by atoms with Crippen LogP contribution >= 0.6 is 0 Å². The number of benzene rings is 2. The maximum Gasteiger partial charge on any atom is 0.246 e. The van der Waals surface area contributed by atoms with Crippen LogP contribution in [-0.4, -0.2) is 29.8 Å². The highest BCUT2D eigenvalue weighted by atomic mass is 16.5. The number of rotatable bonds is 8. The summed E-state index contributed by atoms with van der Waals surface area (Å²) in [4.78, 5) is 16.4. The fraction of sp³-hybridized carbons (Fsp3) is 0.250. The molecule has 1 N–H and O–H groups in total. The molecular weight excluding hydrogens is 346 g/mol. The van der Waals surface area contributed by atoms with Crippen LogP contribution in [-0.2, 0) is 17.8 Å². The van der Waals surface area contributed by atoms with Crippen LogP contribution in [0.5, 0.6) is 11.5 Å². The van der Waals surface area contributed by atoms with Crippen molar-refractivity contribution in [1.29, 1.82) is 0 Å². The second kappa shape index (κ2) is 8.84. The highest BCUT2D eigenvalue weighted by Gasteiger charge is 2.11. The van der Waals surface area contributed by atoms with Crippen molar-refractivity contribution in [3.63, 3.8) is 0 Å². The molecule has 0 aliphatic heterocycles. The summed E-state index contributed by atoms with van der Waals surface area (Å²) in [6, 6.07) is 14.8. The summed E-state index contributed by atoms with van der Waals surface area (Å²) in [5.41, 5.74) is 1.68. The summed E-state index contributed by atoms with van der Waals surface area (Å²) in [6.45, 7) is 2.72. The number of ether oxygens (including phenoxy) is 2. The third kappa shape index (κ3) is 5.07. The molecule has 2 aromatic carbocycles. The number of amides is 1. The molecular formula is C20H21N3O4. The molecule has 3 rings (SSSR count). The van der Waals surface area contributed by atoms with Crippen molar-refractivity contribution in [2.24, 2.45) is 0 Å². The van der Waals surface area contributed by atoms with Crippen molar-refractivity contribution >= 4 is 5.91 Å². The Hall–Kier alpha value is -3.35. The van der Waals surface area contributed by atoms with Crippen LogP contribution in [0.25, 0.3) is 11.4 Å². The SMILES string of the molecule is CCOc1ccc(CC(=O)NCc2nc(-c3cccc(OC)c3)no2)cc1. The normalized spacial score (nSPS) is 10.4. The van der Waals surface area contributed by atoms with Crippen LogP contribution in [0.1, 0.15) is 18.4 Å². The number of carbonyl (C=O) groups is 1. The van der Waals surface area contributed by atoms with E-state index in [0.29, 0.717) is 24.1 Å². The van der Waals surface area contributed by atoms with Gasteiger partial charge in [-0.3, -0.25) is 4.79 Å². The zero-order valence-electron chi connectivity index (χ0n) is 15.3. The van der Waals surface area contributed by atoms with Crippen molar-refractivity contribution in [3.05, 3.63) is 60.0 Å². The van der Waals surface area contributed by atoms with Crippen LogP contribution in [0.4, 0.5) is 0 Å². The highest BCUT2D eigenvalue weighted by molar-refractivity contribution is 5.78. The largest absolute Gasteiger partial charge is 0.497 e. The Bertz CT molecular complexity index is 890. The number of hydrogen-bond acceptors (Lipinski definition) is 6. The molecule has 1 heterocycles.